The molecule has 1 unspecified atom stereocenters. The maximum absolute atomic E-state index is 12.4. The van der Waals surface area contributed by atoms with E-state index in [0.717, 1.165) is 12.1 Å². The van der Waals surface area contributed by atoms with E-state index in [9.17, 15) is 4.79 Å². The molecule has 1 aliphatic carbocycles. The van der Waals surface area contributed by atoms with Crippen LogP contribution in [0.4, 0.5) is 10.5 Å². The van der Waals surface area contributed by atoms with E-state index < -0.39 is 0 Å². The molecular weight excluding hydrogens is 349 g/mol. The molecule has 0 bridgehead atoms. The number of benzene rings is 1. The lowest BCUT2D eigenvalue weighted by Gasteiger charge is -2.17. The van der Waals surface area contributed by atoms with E-state index in [1.165, 1.54) is 12.8 Å². The molecule has 8 heteroatoms. The van der Waals surface area contributed by atoms with E-state index in [-0.39, 0.29) is 12.1 Å². The number of rotatable bonds is 3. The molecule has 24 heavy (non-hydrogen) atoms. The second kappa shape index (κ2) is 6.26. The van der Waals surface area contributed by atoms with Crippen LogP contribution in [0.2, 0.25) is 10.0 Å². The summed E-state index contributed by atoms with van der Waals surface area (Å²) in [6, 6.07) is 5.09. The van der Waals surface area contributed by atoms with Gasteiger partial charge in [-0.2, -0.15) is 0 Å². The van der Waals surface area contributed by atoms with Gasteiger partial charge in [-0.1, -0.05) is 28.4 Å². The van der Waals surface area contributed by atoms with Crippen LogP contribution in [0, 0.1) is 0 Å². The molecule has 4 rings (SSSR count). The second-order valence-corrected chi connectivity index (χ2v) is 7.16. The fourth-order valence-electron chi connectivity index (χ4n) is 2.95. The SMILES string of the molecule is O=C(Nc1ccc(Cl)c(Cl)c1)N1CCC(n2cc(C3CC3)nn2)C1. The Kier molecular flexibility index (Phi) is 4.10. The van der Waals surface area contributed by atoms with Crippen molar-refractivity contribution in [3.63, 3.8) is 0 Å². The summed E-state index contributed by atoms with van der Waals surface area (Å²) in [6.45, 7) is 1.32. The summed E-state index contributed by atoms with van der Waals surface area (Å²) in [7, 11) is 0. The molecule has 2 aliphatic rings. The number of nitrogens with one attached hydrogen (secondary N) is 1. The fraction of sp³-hybridized carbons (Fsp3) is 0.438. The van der Waals surface area contributed by atoms with Gasteiger partial charge in [0.15, 0.2) is 0 Å². The molecule has 2 fully saturated rings. The van der Waals surface area contributed by atoms with Gasteiger partial charge >= 0.3 is 6.03 Å². The lowest BCUT2D eigenvalue weighted by Crippen LogP contribution is -2.33. The number of carbonyl (C=O) groups excluding carboxylic acids is 1. The average molecular weight is 366 g/mol. The number of urea groups is 1. The Bertz CT molecular complexity index is 774. The van der Waals surface area contributed by atoms with Crippen LogP contribution < -0.4 is 5.32 Å². The van der Waals surface area contributed by atoms with Gasteiger partial charge < -0.3 is 10.2 Å². The van der Waals surface area contributed by atoms with Crippen molar-refractivity contribution in [3.8, 4) is 0 Å². The van der Waals surface area contributed by atoms with Crippen molar-refractivity contribution in [3.05, 3.63) is 40.1 Å². The summed E-state index contributed by atoms with van der Waals surface area (Å²) in [5, 5.41) is 12.2. The summed E-state index contributed by atoms with van der Waals surface area (Å²) in [5.74, 6) is 0.592. The topological polar surface area (TPSA) is 63.1 Å². The minimum absolute atomic E-state index is 0.140. The number of nitrogens with zero attached hydrogens (tertiary/aromatic N) is 4. The van der Waals surface area contributed by atoms with Gasteiger partial charge in [0, 0.05) is 30.9 Å². The highest BCUT2D eigenvalue weighted by Gasteiger charge is 2.31. The smallest absolute Gasteiger partial charge is 0.321 e. The molecule has 1 saturated heterocycles. The third-order valence-corrected chi connectivity index (χ3v) is 5.26. The van der Waals surface area contributed by atoms with Crippen molar-refractivity contribution in [2.45, 2.75) is 31.2 Å². The number of likely N-dealkylation sites (tertiary alicyclic amines) is 1. The quantitative estimate of drug-likeness (QED) is 0.895. The van der Waals surface area contributed by atoms with Gasteiger partial charge in [0.25, 0.3) is 0 Å². The number of hydrogen-bond donors (Lipinski definition) is 1. The molecule has 1 saturated carbocycles. The van der Waals surface area contributed by atoms with Crippen molar-refractivity contribution in [1.29, 1.82) is 0 Å². The molecule has 1 atom stereocenters. The predicted molar refractivity (Wildman–Crippen MR) is 92.7 cm³/mol. The first-order valence-corrected chi connectivity index (χ1v) is 8.78. The summed E-state index contributed by atoms with van der Waals surface area (Å²) in [6.07, 6.45) is 5.33. The Morgan fingerprint density at radius 2 is 2.04 bits per heavy atom. The van der Waals surface area contributed by atoms with Gasteiger partial charge in [-0.25, -0.2) is 9.48 Å². The normalized spacial score (nSPS) is 20.4. The number of anilines is 1. The lowest BCUT2D eigenvalue weighted by molar-refractivity contribution is 0.220. The molecule has 1 N–H and O–H groups in total. The van der Waals surface area contributed by atoms with Crippen molar-refractivity contribution < 1.29 is 4.79 Å². The van der Waals surface area contributed by atoms with E-state index in [1.807, 2.05) is 10.9 Å². The first-order chi connectivity index (χ1) is 11.6. The monoisotopic (exact) mass is 365 g/mol. The highest BCUT2D eigenvalue weighted by molar-refractivity contribution is 6.42. The van der Waals surface area contributed by atoms with Crippen molar-refractivity contribution in [2.24, 2.45) is 0 Å². The maximum Gasteiger partial charge on any atom is 0.321 e. The first kappa shape index (κ1) is 15.7. The van der Waals surface area contributed by atoms with Gasteiger partial charge in [0.2, 0.25) is 0 Å². The number of aromatic nitrogens is 3. The summed E-state index contributed by atoms with van der Waals surface area (Å²) in [5.41, 5.74) is 1.71. The minimum atomic E-state index is -0.140. The number of hydrogen-bond acceptors (Lipinski definition) is 3. The van der Waals surface area contributed by atoms with Gasteiger partial charge in [-0.05, 0) is 37.5 Å². The zero-order valence-corrected chi connectivity index (χ0v) is 14.5. The lowest BCUT2D eigenvalue weighted by atomic mass is 10.2. The number of amides is 2. The molecule has 2 aromatic rings. The number of halogens is 2. The summed E-state index contributed by atoms with van der Waals surface area (Å²) >= 11 is 11.9. The van der Waals surface area contributed by atoms with Crippen LogP contribution in [0.15, 0.2) is 24.4 Å². The van der Waals surface area contributed by atoms with Crippen LogP contribution in [0.3, 0.4) is 0 Å². The van der Waals surface area contributed by atoms with Gasteiger partial charge in [-0.3, -0.25) is 0 Å². The molecule has 0 radical (unpaired) electrons. The first-order valence-electron chi connectivity index (χ1n) is 8.03. The third kappa shape index (κ3) is 3.21. The molecular formula is C16H17Cl2N5O. The average Bonchev–Trinajstić information content (AvgIpc) is 3.10. The molecule has 2 amide bonds. The highest BCUT2D eigenvalue weighted by Crippen LogP contribution is 2.39. The highest BCUT2D eigenvalue weighted by atomic mass is 35.5. The van der Waals surface area contributed by atoms with Crippen molar-refractivity contribution in [2.75, 3.05) is 18.4 Å². The molecule has 0 spiro atoms. The Morgan fingerprint density at radius 1 is 1.21 bits per heavy atom. The van der Waals surface area contributed by atoms with E-state index in [1.54, 1.807) is 23.1 Å². The Labute approximate surface area is 149 Å². The molecule has 2 heterocycles. The van der Waals surface area contributed by atoms with Crippen molar-refractivity contribution in [1.82, 2.24) is 19.9 Å². The largest absolute Gasteiger partial charge is 0.322 e. The van der Waals surface area contributed by atoms with Crippen molar-refractivity contribution >= 4 is 34.9 Å². The van der Waals surface area contributed by atoms with Gasteiger partial charge in [-0.15, -0.1) is 5.10 Å². The zero-order chi connectivity index (χ0) is 16.7. The molecule has 1 aromatic heterocycles. The van der Waals surface area contributed by atoms with Crippen LogP contribution >= 0.6 is 23.2 Å². The number of carbonyl (C=O) groups is 1. The third-order valence-electron chi connectivity index (χ3n) is 4.52. The summed E-state index contributed by atoms with van der Waals surface area (Å²) in [4.78, 5) is 14.2. The molecule has 1 aromatic carbocycles. The van der Waals surface area contributed by atoms with E-state index in [2.05, 4.69) is 15.6 Å². The standard InChI is InChI=1S/C16H17Cl2N5O/c17-13-4-3-11(7-14(13)18)19-16(24)22-6-5-12(8-22)23-9-15(20-21-23)10-1-2-10/h3-4,7,9-10,12H,1-2,5-6,8H2,(H,19,24). The van der Waals surface area contributed by atoms with Crippen LogP contribution in [-0.2, 0) is 0 Å². The molecule has 1 aliphatic heterocycles. The Balaban J connectivity index is 1.38. The van der Waals surface area contributed by atoms with E-state index >= 15 is 0 Å². The molecule has 6 nitrogen and oxygen atoms in total. The Morgan fingerprint density at radius 3 is 2.79 bits per heavy atom. The van der Waals surface area contributed by atoms with Crippen LogP contribution in [-0.4, -0.2) is 39.0 Å². The fourth-order valence-corrected chi connectivity index (χ4v) is 3.25. The Hall–Kier alpha value is -1.79. The zero-order valence-electron chi connectivity index (χ0n) is 13.0. The van der Waals surface area contributed by atoms with Crippen LogP contribution in [0.5, 0.6) is 0 Å². The predicted octanol–water partition coefficient (Wildman–Crippen LogP) is 3.94. The van der Waals surface area contributed by atoms with E-state index in [0.29, 0.717) is 34.7 Å². The molecule has 126 valence electrons. The van der Waals surface area contributed by atoms with Crippen LogP contribution in [0.25, 0.3) is 0 Å². The second-order valence-electron chi connectivity index (χ2n) is 6.35. The van der Waals surface area contributed by atoms with Gasteiger partial charge in [0.1, 0.15) is 0 Å². The summed E-state index contributed by atoms with van der Waals surface area (Å²) < 4.78 is 1.90. The maximum atomic E-state index is 12.4. The minimum Gasteiger partial charge on any atom is -0.322 e. The van der Waals surface area contributed by atoms with E-state index in [4.69, 9.17) is 23.2 Å². The van der Waals surface area contributed by atoms with Crippen LogP contribution in [0.1, 0.15) is 36.9 Å². The van der Waals surface area contributed by atoms with Gasteiger partial charge in [0.05, 0.1) is 21.8 Å².